The van der Waals surface area contributed by atoms with Crippen LogP contribution in [0.4, 0.5) is 0 Å². The standard InChI is InChI=1S/C18H19NO.C4H4O4/c1-19-11-10-13-14-6-2-4-8-17(14)20-18-9-5-3-7-15(18)16(13)12-19;5-3(6)1-2-4(7)8/h2-9,13,16H,10-12H2,1H3;1-2H,(H,5,6)(H,7,8)/b;2-1-/t13-,16+;/m1./s1. The van der Waals surface area contributed by atoms with Crippen LogP contribution in [-0.4, -0.2) is 47.2 Å². The molecule has 6 nitrogen and oxygen atoms in total. The Bertz CT molecular complexity index is 876. The molecule has 1 fully saturated rings. The molecule has 0 aliphatic carbocycles. The molecule has 28 heavy (non-hydrogen) atoms. The number of fused-ring (bicyclic) bond motifs is 5. The van der Waals surface area contributed by atoms with Crippen molar-refractivity contribution in [3.63, 3.8) is 0 Å². The second kappa shape index (κ2) is 8.71. The smallest absolute Gasteiger partial charge is 0.328 e. The molecule has 0 unspecified atom stereocenters. The van der Waals surface area contributed by atoms with Crippen LogP contribution in [-0.2, 0) is 9.59 Å². The van der Waals surface area contributed by atoms with Crippen LogP contribution in [0, 0.1) is 0 Å². The van der Waals surface area contributed by atoms with Gasteiger partial charge in [-0.05, 0) is 49.2 Å². The fourth-order valence-electron chi connectivity index (χ4n) is 3.82. The molecule has 2 aromatic carbocycles. The SMILES string of the molecule is CN1CC[C@@H]2c3ccccc3Oc3ccccc3[C@H]2C1.O=C(O)/C=C\C(=O)O. The number of carboxylic acids is 2. The van der Waals surface area contributed by atoms with Gasteiger partial charge in [-0.15, -0.1) is 0 Å². The summed E-state index contributed by atoms with van der Waals surface area (Å²) in [6.45, 7) is 2.27. The molecule has 4 rings (SSSR count). The summed E-state index contributed by atoms with van der Waals surface area (Å²) in [4.78, 5) is 21.5. The van der Waals surface area contributed by atoms with Crippen molar-refractivity contribution in [1.29, 1.82) is 0 Å². The van der Waals surface area contributed by atoms with Gasteiger partial charge >= 0.3 is 11.9 Å². The highest BCUT2D eigenvalue weighted by molar-refractivity contribution is 5.89. The summed E-state index contributed by atoms with van der Waals surface area (Å²) in [5, 5.41) is 15.6. The number of ether oxygens (including phenoxy) is 1. The molecule has 0 amide bonds. The first-order valence-electron chi connectivity index (χ1n) is 9.14. The first kappa shape index (κ1) is 19.6. The van der Waals surface area contributed by atoms with Crippen LogP contribution in [0.5, 0.6) is 11.5 Å². The minimum Gasteiger partial charge on any atom is -0.478 e. The molecule has 2 N–H and O–H groups in total. The van der Waals surface area contributed by atoms with Crippen LogP contribution in [0.3, 0.4) is 0 Å². The fourth-order valence-corrected chi connectivity index (χ4v) is 3.82. The number of likely N-dealkylation sites (N-methyl/N-ethyl adjacent to an activating group) is 1. The Kier molecular flexibility index (Phi) is 6.11. The van der Waals surface area contributed by atoms with E-state index in [9.17, 15) is 9.59 Å². The Morgan fingerprint density at radius 2 is 1.43 bits per heavy atom. The van der Waals surface area contributed by atoms with Gasteiger partial charge in [-0.25, -0.2) is 9.59 Å². The van der Waals surface area contributed by atoms with E-state index >= 15 is 0 Å². The molecule has 146 valence electrons. The average molecular weight is 381 g/mol. The molecule has 0 saturated carbocycles. The molecule has 0 bridgehead atoms. The first-order valence-corrected chi connectivity index (χ1v) is 9.14. The number of benzene rings is 2. The van der Waals surface area contributed by atoms with Gasteiger partial charge in [0.1, 0.15) is 11.5 Å². The normalized spacial score (nSPS) is 20.5. The van der Waals surface area contributed by atoms with Gasteiger partial charge < -0.3 is 19.8 Å². The molecule has 2 aromatic rings. The van der Waals surface area contributed by atoms with Crippen LogP contribution in [0.15, 0.2) is 60.7 Å². The van der Waals surface area contributed by atoms with Crippen LogP contribution < -0.4 is 4.74 Å². The van der Waals surface area contributed by atoms with Gasteiger partial charge in [0.2, 0.25) is 0 Å². The second-order valence-corrected chi connectivity index (χ2v) is 6.95. The summed E-state index contributed by atoms with van der Waals surface area (Å²) in [5.74, 6) is 0.666. The maximum absolute atomic E-state index is 9.55. The molecule has 2 heterocycles. The van der Waals surface area contributed by atoms with Gasteiger partial charge in [0, 0.05) is 24.6 Å². The van der Waals surface area contributed by atoms with Crippen molar-refractivity contribution in [2.24, 2.45) is 0 Å². The van der Waals surface area contributed by atoms with Crippen LogP contribution in [0.25, 0.3) is 0 Å². The molecule has 1 saturated heterocycles. The summed E-state index contributed by atoms with van der Waals surface area (Å²) in [6, 6.07) is 17.1. The van der Waals surface area contributed by atoms with E-state index in [1.54, 1.807) is 0 Å². The van der Waals surface area contributed by atoms with E-state index in [0.29, 0.717) is 24.0 Å². The first-order chi connectivity index (χ1) is 13.5. The van der Waals surface area contributed by atoms with E-state index in [0.717, 1.165) is 24.6 Å². The molecule has 2 atom stereocenters. The minimum absolute atomic E-state index is 0.536. The summed E-state index contributed by atoms with van der Waals surface area (Å²) < 4.78 is 6.21. The highest BCUT2D eigenvalue weighted by Gasteiger charge is 2.35. The Morgan fingerprint density at radius 3 is 1.96 bits per heavy atom. The average Bonchev–Trinajstić information content (AvgIpc) is 2.81. The minimum atomic E-state index is -1.26. The number of aliphatic carboxylic acids is 2. The Morgan fingerprint density at radius 1 is 0.929 bits per heavy atom. The lowest BCUT2D eigenvalue weighted by Crippen LogP contribution is -2.35. The van der Waals surface area contributed by atoms with Gasteiger partial charge in [-0.3, -0.25) is 0 Å². The zero-order chi connectivity index (χ0) is 20.1. The topological polar surface area (TPSA) is 87.1 Å². The molecule has 2 aliphatic rings. The van der Waals surface area contributed by atoms with Gasteiger partial charge in [0.25, 0.3) is 0 Å². The third-order valence-electron chi connectivity index (χ3n) is 5.04. The van der Waals surface area contributed by atoms with Crippen molar-refractivity contribution in [2.75, 3.05) is 20.1 Å². The molecular weight excluding hydrogens is 358 g/mol. The lowest BCUT2D eigenvalue weighted by atomic mass is 9.77. The molecule has 0 aromatic heterocycles. The summed E-state index contributed by atoms with van der Waals surface area (Å²) >= 11 is 0. The van der Waals surface area contributed by atoms with E-state index in [2.05, 4.69) is 60.5 Å². The number of likely N-dealkylation sites (tertiary alicyclic amines) is 1. The largest absolute Gasteiger partial charge is 0.478 e. The second-order valence-electron chi connectivity index (χ2n) is 6.95. The number of piperidine rings is 1. The van der Waals surface area contributed by atoms with Crippen LogP contribution >= 0.6 is 0 Å². The number of hydrogen-bond acceptors (Lipinski definition) is 4. The maximum atomic E-state index is 9.55. The van der Waals surface area contributed by atoms with Crippen molar-refractivity contribution in [3.05, 3.63) is 71.8 Å². The lowest BCUT2D eigenvalue weighted by molar-refractivity contribution is -0.134. The van der Waals surface area contributed by atoms with E-state index in [-0.39, 0.29) is 0 Å². The van der Waals surface area contributed by atoms with Crippen LogP contribution in [0.2, 0.25) is 0 Å². The summed E-state index contributed by atoms with van der Waals surface area (Å²) in [5.41, 5.74) is 2.74. The fraction of sp³-hybridized carbons (Fsp3) is 0.273. The third kappa shape index (κ3) is 4.58. The molecule has 0 radical (unpaired) electrons. The van der Waals surface area contributed by atoms with Gasteiger partial charge in [0.05, 0.1) is 0 Å². The summed E-state index contributed by atoms with van der Waals surface area (Å²) in [7, 11) is 2.22. The number of carbonyl (C=O) groups is 2. The maximum Gasteiger partial charge on any atom is 0.328 e. The zero-order valence-electron chi connectivity index (χ0n) is 15.6. The Balaban J connectivity index is 0.000000242. The van der Waals surface area contributed by atoms with Crippen molar-refractivity contribution in [3.8, 4) is 11.5 Å². The third-order valence-corrected chi connectivity index (χ3v) is 5.04. The predicted molar refractivity (Wildman–Crippen MR) is 105 cm³/mol. The molecular formula is C22H23NO5. The predicted octanol–water partition coefficient (Wildman–Crippen LogP) is 3.71. The molecule has 0 spiro atoms. The van der Waals surface area contributed by atoms with E-state index < -0.39 is 11.9 Å². The van der Waals surface area contributed by atoms with Gasteiger partial charge in [-0.2, -0.15) is 0 Å². The number of para-hydroxylation sites is 2. The number of hydrogen-bond donors (Lipinski definition) is 2. The van der Waals surface area contributed by atoms with Gasteiger partial charge in [0.15, 0.2) is 0 Å². The number of nitrogens with zero attached hydrogens (tertiary/aromatic N) is 1. The Hall–Kier alpha value is -3.12. The van der Waals surface area contributed by atoms with E-state index in [1.165, 1.54) is 17.5 Å². The highest BCUT2D eigenvalue weighted by atomic mass is 16.5. The van der Waals surface area contributed by atoms with Crippen molar-refractivity contribution >= 4 is 11.9 Å². The highest BCUT2D eigenvalue weighted by Crippen LogP contribution is 2.49. The van der Waals surface area contributed by atoms with Crippen molar-refractivity contribution < 1.29 is 24.5 Å². The quantitative estimate of drug-likeness (QED) is 0.771. The monoisotopic (exact) mass is 381 g/mol. The van der Waals surface area contributed by atoms with Crippen LogP contribution in [0.1, 0.15) is 29.4 Å². The van der Waals surface area contributed by atoms with E-state index in [4.69, 9.17) is 14.9 Å². The van der Waals surface area contributed by atoms with Crippen molar-refractivity contribution in [2.45, 2.75) is 18.3 Å². The van der Waals surface area contributed by atoms with E-state index in [1.807, 2.05) is 0 Å². The number of rotatable bonds is 2. The molecule has 2 aliphatic heterocycles. The summed E-state index contributed by atoms with van der Waals surface area (Å²) in [6.07, 6.45) is 2.32. The zero-order valence-corrected chi connectivity index (χ0v) is 15.6. The number of carboxylic acid groups (broad SMARTS) is 2. The Labute approximate surface area is 163 Å². The lowest BCUT2D eigenvalue weighted by Gasteiger charge is -2.36. The molecule has 6 heteroatoms. The van der Waals surface area contributed by atoms with Gasteiger partial charge in [-0.1, -0.05) is 36.4 Å². The van der Waals surface area contributed by atoms with Crippen molar-refractivity contribution in [1.82, 2.24) is 4.90 Å².